The van der Waals surface area contributed by atoms with Crippen LogP contribution in [-0.2, 0) is 5.41 Å². The lowest BCUT2D eigenvalue weighted by Crippen LogP contribution is -2.20. The number of amides is 2. The number of hydrogen-bond acceptors (Lipinski definition) is 3. The molecule has 0 saturated heterocycles. The van der Waals surface area contributed by atoms with Gasteiger partial charge in [0.1, 0.15) is 0 Å². The quantitative estimate of drug-likeness (QED) is 0.660. The molecule has 0 unspecified atom stereocenters. The van der Waals surface area contributed by atoms with Crippen LogP contribution < -0.4 is 10.6 Å². The van der Waals surface area contributed by atoms with Crippen molar-refractivity contribution in [1.29, 1.82) is 0 Å². The summed E-state index contributed by atoms with van der Waals surface area (Å²) in [6.45, 7) is 8.36. The highest BCUT2D eigenvalue weighted by Gasteiger charge is 2.14. The molecule has 0 radical (unpaired) electrons. The van der Waals surface area contributed by atoms with Gasteiger partial charge in [-0.25, -0.2) is 9.78 Å². The lowest BCUT2D eigenvalue weighted by Gasteiger charge is -2.19. The van der Waals surface area contributed by atoms with Crippen LogP contribution in [-0.4, -0.2) is 21.2 Å². The van der Waals surface area contributed by atoms with Gasteiger partial charge in [0.25, 0.3) is 0 Å². The van der Waals surface area contributed by atoms with Gasteiger partial charge in [0.15, 0.2) is 11.5 Å². The van der Waals surface area contributed by atoms with Crippen LogP contribution in [0, 0.1) is 6.92 Å². The van der Waals surface area contributed by atoms with Gasteiger partial charge < -0.3 is 5.32 Å². The zero-order valence-corrected chi connectivity index (χ0v) is 14.3. The summed E-state index contributed by atoms with van der Waals surface area (Å²) >= 11 is 0. The standard InChI is InChI=1S/C18H21N5O/c1-11-5-10-14-15(19-11)22-23-16(14)21-17(24)20-13-8-6-12(7-9-13)18(2,3)4/h5-10H,1-4H3,(H3,19,20,21,22,23,24). The summed E-state index contributed by atoms with van der Waals surface area (Å²) in [5.41, 5.74) is 3.57. The molecule has 6 heteroatoms. The summed E-state index contributed by atoms with van der Waals surface area (Å²) in [5, 5.41) is 13.3. The monoisotopic (exact) mass is 323 g/mol. The van der Waals surface area contributed by atoms with E-state index in [1.165, 1.54) is 5.56 Å². The third kappa shape index (κ3) is 3.37. The van der Waals surface area contributed by atoms with Crippen molar-refractivity contribution in [2.24, 2.45) is 0 Å². The normalized spacial score (nSPS) is 11.5. The van der Waals surface area contributed by atoms with E-state index in [9.17, 15) is 4.79 Å². The number of pyridine rings is 1. The van der Waals surface area contributed by atoms with Crippen molar-refractivity contribution in [3.63, 3.8) is 0 Å². The fraction of sp³-hybridized carbons (Fsp3) is 0.278. The van der Waals surface area contributed by atoms with Crippen molar-refractivity contribution in [2.75, 3.05) is 10.6 Å². The summed E-state index contributed by atoms with van der Waals surface area (Å²) in [6.07, 6.45) is 0. The van der Waals surface area contributed by atoms with E-state index in [-0.39, 0.29) is 11.4 Å². The number of benzene rings is 1. The Kier molecular flexibility index (Phi) is 3.97. The number of nitrogens with one attached hydrogen (secondary N) is 3. The number of hydrogen-bond donors (Lipinski definition) is 3. The largest absolute Gasteiger partial charge is 0.324 e. The first-order valence-electron chi connectivity index (χ1n) is 7.83. The lowest BCUT2D eigenvalue weighted by molar-refractivity contribution is 0.262. The molecule has 0 aliphatic heterocycles. The highest BCUT2D eigenvalue weighted by molar-refractivity contribution is 6.03. The van der Waals surface area contributed by atoms with E-state index in [0.717, 1.165) is 16.8 Å². The van der Waals surface area contributed by atoms with Crippen LogP contribution in [0.15, 0.2) is 36.4 Å². The Hall–Kier alpha value is -2.89. The molecule has 0 bridgehead atoms. The maximum atomic E-state index is 12.2. The molecule has 3 aromatic rings. The molecular formula is C18H21N5O. The van der Waals surface area contributed by atoms with Gasteiger partial charge in [0.05, 0.1) is 5.39 Å². The van der Waals surface area contributed by atoms with Crippen LogP contribution in [0.3, 0.4) is 0 Å². The van der Waals surface area contributed by atoms with Crippen molar-refractivity contribution >= 4 is 28.6 Å². The summed E-state index contributed by atoms with van der Waals surface area (Å²) in [6, 6.07) is 11.3. The van der Waals surface area contributed by atoms with E-state index in [0.29, 0.717) is 11.5 Å². The van der Waals surface area contributed by atoms with Crippen LogP contribution in [0.4, 0.5) is 16.3 Å². The van der Waals surface area contributed by atoms with E-state index < -0.39 is 0 Å². The number of carbonyl (C=O) groups excluding carboxylic acids is 1. The molecule has 0 fully saturated rings. The third-order valence-corrected chi connectivity index (χ3v) is 3.80. The molecule has 0 aliphatic carbocycles. The van der Waals surface area contributed by atoms with Crippen LogP contribution in [0.1, 0.15) is 32.0 Å². The second kappa shape index (κ2) is 5.96. The first-order chi connectivity index (χ1) is 11.3. The molecule has 0 atom stereocenters. The molecular weight excluding hydrogens is 302 g/mol. The first-order valence-corrected chi connectivity index (χ1v) is 7.83. The van der Waals surface area contributed by atoms with Gasteiger partial charge in [-0.1, -0.05) is 32.9 Å². The Bertz CT molecular complexity index is 875. The zero-order chi connectivity index (χ0) is 17.3. The Labute approximate surface area is 140 Å². The molecule has 6 nitrogen and oxygen atoms in total. The predicted molar refractivity (Wildman–Crippen MR) is 96.4 cm³/mol. The number of aromatic amines is 1. The Balaban J connectivity index is 1.71. The molecule has 1 aromatic carbocycles. The lowest BCUT2D eigenvalue weighted by atomic mass is 9.87. The summed E-state index contributed by atoms with van der Waals surface area (Å²) in [7, 11) is 0. The molecule has 0 saturated carbocycles. The Morgan fingerprint density at radius 2 is 1.75 bits per heavy atom. The highest BCUT2D eigenvalue weighted by Crippen LogP contribution is 2.24. The van der Waals surface area contributed by atoms with Gasteiger partial charge in [-0.2, -0.15) is 5.10 Å². The van der Waals surface area contributed by atoms with Crippen molar-refractivity contribution in [2.45, 2.75) is 33.1 Å². The predicted octanol–water partition coefficient (Wildman–Crippen LogP) is 4.21. The number of rotatable bonds is 2. The second-order valence-corrected chi connectivity index (χ2v) is 6.83. The van der Waals surface area contributed by atoms with Crippen molar-refractivity contribution < 1.29 is 4.79 Å². The average Bonchev–Trinajstić information content (AvgIpc) is 2.89. The van der Waals surface area contributed by atoms with Crippen LogP contribution in [0.5, 0.6) is 0 Å². The van der Waals surface area contributed by atoms with Crippen LogP contribution in [0.2, 0.25) is 0 Å². The topological polar surface area (TPSA) is 82.7 Å². The first kappa shape index (κ1) is 16.0. The smallest absolute Gasteiger partial charge is 0.308 e. The summed E-state index contributed by atoms with van der Waals surface area (Å²) in [4.78, 5) is 16.5. The van der Waals surface area contributed by atoms with E-state index in [4.69, 9.17) is 0 Å². The fourth-order valence-corrected chi connectivity index (χ4v) is 2.42. The van der Waals surface area contributed by atoms with Crippen LogP contribution in [0.25, 0.3) is 11.0 Å². The van der Waals surface area contributed by atoms with Crippen molar-refractivity contribution in [3.8, 4) is 0 Å². The molecule has 2 amide bonds. The molecule has 124 valence electrons. The molecule has 2 heterocycles. The molecule has 2 aromatic heterocycles. The fourth-order valence-electron chi connectivity index (χ4n) is 2.42. The molecule has 3 rings (SSSR count). The minimum Gasteiger partial charge on any atom is -0.308 e. The third-order valence-electron chi connectivity index (χ3n) is 3.80. The molecule has 3 N–H and O–H groups in total. The maximum Gasteiger partial charge on any atom is 0.324 e. The zero-order valence-electron chi connectivity index (χ0n) is 14.3. The summed E-state index contributed by atoms with van der Waals surface area (Å²) < 4.78 is 0. The Morgan fingerprint density at radius 3 is 2.42 bits per heavy atom. The number of aryl methyl sites for hydroxylation is 1. The number of aromatic nitrogens is 3. The van der Waals surface area contributed by atoms with E-state index in [2.05, 4.69) is 46.6 Å². The Morgan fingerprint density at radius 1 is 1.04 bits per heavy atom. The number of H-pyrrole nitrogens is 1. The minimum atomic E-state index is -0.340. The van der Waals surface area contributed by atoms with Crippen molar-refractivity contribution in [3.05, 3.63) is 47.7 Å². The molecule has 0 spiro atoms. The molecule has 0 aliphatic rings. The van der Waals surface area contributed by atoms with E-state index in [1.807, 2.05) is 43.3 Å². The highest BCUT2D eigenvalue weighted by atomic mass is 16.2. The van der Waals surface area contributed by atoms with Crippen molar-refractivity contribution in [1.82, 2.24) is 15.2 Å². The number of carbonyl (C=O) groups is 1. The minimum absolute atomic E-state index is 0.0832. The van der Waals surface area contributed by atoms with Gasteiger partial charge in [-0.15, -0.1) is 0 Å². The molecule has 24 heavy (non-hydrogen) atoms. The van der Waals surface area contributed by atoms with Crippen LogP contribution >= 0.6 is 0 Å². The average molecular weight is 323 g/mol. The number of nitrogens with zero attached hydrogens (tertiary/aromatic N) is 2. The van der Waals surface area contributed by atoms with Gasteiger partial charge in [-0.3, -0.25) is 10.4 Å². The van der Waals surface area contributed by atoms with E-state index in [1.54, 1.807) is 0 Å². The SMILES string of the molecule is Cc1ccc2c(NC(=O)Nc3ccc(C(C)(C)C)cc3)n[nH]c2n1. The number of urea groups is 1. The van der Waals surface area contributed by atoms with E-state index >= 15 is 0 Å². The van der Waals surface area contributed by atoms with Gasteiger partial charge in [-0.05, 0) is 42.2 Å². The second-order valence-electron chi connectivity index (χ2n) is 6.83. The van der Waals surface area contributed by atoms with Gasteiger partial charge >= 0.3 is 6.03 Å². The number of anilines is 2. The summed E-state index contributed by atoms with van der Waals surface area (Å²) in [5.74, 6) is 0.460. The number of fused-ring (bicyclic) bond motifs is 1. The maximum absolute atomic E-state index is 12.2. The van der Waals surface area contributed by atoms with Gasteiger partial charge in [0.2, 0.25) is 0 Å². The van der Waals surface area contributed by atoms with Gasteiger partial charge in [0, 0.05) is 11.4 Å².